The van der Waals surface area contributed by atoms with E-state index < -0.39 is 39.3 Å². The molecule has 1 aliphatic rings. The van der Waals surface area contributed by atoms with Crippen molar-refractivity contribution in [2.75, 3.05) is 30.5 Å². The number of carbonyl (C=O) groups is 2. The fraction of sp³-hybridized carbons (Fsp3) is 0.333. The van der Waals surface area contributed by atoms with E-state index in [2.05, 4.69) is 5.32 Å². The third kappa shape index (κ3) is 6.20. The molecule has 2 aromatic carbocycles. The van der Waals surface area contributed by atoms with Gasteiger partial charge in [0, 0.05) is 42.5 Å². The van der Waals surface area contributed by atoms with Gasteiger partial charge in [-0.15, -0.1) is 0 Å². The van der Waals surface area contributed by atoms with Gasteiger partial charge in [-0.1, -0.05) is 29.8 Å². The van der Waals surface area contributed by atoms with Gasteiger partial charge in [-0.2, -0.15) is 0 Å². The number of nitrogens with zero attached hydrogens (tertiary/aromatic N) is 2. The van der Waals surface area contributed by atoms with Gasteiger partial charge in [-0.25, -0.2) is 13.2 Å². The lowest BCUT2D eigenvalue weighted by atomic mass is 10.1. The molecule has 33 heavy (non-hydrogen) atoms. The van der Waals surface area contributed by atoms with Gasteiger partial charge in [-0.3, -0.25) is 14.9 Å². The summed E-state index contributed by atoms with van der Waals surface area (Å²) in [6, 6.07) is 10.3. The van der Waals surface area contributed by atoms with Crippen LogP contribution in [0.15, 0.2) is 42.5 Å². The molecule has 0 spiro atoms. The lowest BCUT2D eigenvalue weighted by Crippen LogP contribution is -2.40. The zero-order chi connectivity index (χ0) is 24.2. The van der Waals surface area contributed by atoms with Crippen LogP contribution in [-0.2, 0) is 25.9 Å². The van der Waals surface area contributed by atoms with Gasteiger partial charge in [0.1, 0.15) is 0 Å². The first-order valence-electron chi connectivity index (χ1n) is 9.96. The predicted molar refractivity (Wildman–Crippen MR) is 122 cm³/mol. The van der Waals surface area contributed by atoms with Crippen LogP contribution in [0.4, 0.5) is 11.4 Å². The highest BCUT2D eigenvalue weighted by atomic mass is 35.5. The Kier molecular flexibility index (Phi) is 7.54. The largest absolute Gasteiger partial charge is 0.452 e. The van der Waals surface area contributed by atoms with E-state index in [9.17, 15) is 28.1 Å². The van der Waals surface area contributed by atoms with Crippen LogP contribution in [0.2, 0.25) is 5.02 Å². The second kappa shape index (κ2) is 10.2. The van der Waals surface area contributed by atoms with Crippen molar-refractivity contribution in [3.8, 4) is 0 Å². The number of hydrogen-bond acceptors (Lipinski definition) is 8. The maximum Gasteiger partial charge on any atom is 0.341 e. The van der Waals surface area contributed by atoms with Crippen LogP contribution in [0.1, 0.15) is 22.3 Å². The molecule has 1 saturated heterocycles. The van der Waals surface area contributed by atoms with E-state index in [1.165, 1.54) is 24.1 Å². The molecule has 0 aliphatic carbocycles. The molecule has 1 amide bonds. The minimum atomic E-state index is -3.18. The van der Waals surface area contributed by atoms with Gasteiger partial charge in [-0.05, 0) is 24.1 Å². The topological polar surface area (TPSA) is 136 Å². The Hall–Kier alpha value is -3.18. The van der Waals surface area contributed by atoms with Gasteiger partial charge >= 0.3 is 5.97 Å². The number of amides is 1. The molecule has 1 N–H and O–H groups in total. The summed E-state index contributed by atoms with van der Waals surface area (Å²) < 4.78 is 28.4. The van der Waals surface area contributed by atoms with Crippen molar-refractivity contribution in [2.45, 2.75) is 19.0 Å². The van der Waals surface area contributed by atoms with E-state index in [1.54, 1.807) is 24.3 Å². The molecule has 10 nitrogen and oxygen atoms in total. The summed E-state index contributed by atoms with van der Waals surface area (Å²) in [6.45, 7) is -0.381. The highest BCUT2D eigenvalue weighted by molar-refractivity contribution is 7.91. The van der Waals surface area contributed by atoms with E-state index in [0.29, 0.717) is 11.4 Å². The van der Waals surface area contributed by atoms with E-state index >= 15 is 0 Å². The Morgan fingerprint density at radius 1 is 1.27 bits per heavy atom. The third-order valence-electron chi connectivity index (χ3n) is 5.34. The van der Waals surface area contributed by atoms with Crippen molar-refractivity contribution < 1.29 is 27.7 Å². The molecular formula is C21H22ClN3O7S. The highest BCUT2D eigenvalue weighted by Gasteiger charge is 2.33. The first-order valence-corrected chi connectivity index (χ1v) is 12.2. The molecule has 1 atom stereocenters. The molecule has 0 saturated carbocycles. The lowest BCUT2D eigenvalue weighted by Gasteiger charge is -2.23. The molecule has 0 bridgehead atoms. The van der Waals surface area contributed by atoms with Crippen LogP contribution in [0.3, 0.4) is 0 Å². The molecule has 1 heterocycles. The molecule has 1 aliphatic heterocycles. The van der Waals surface area contributed by atoms with Crippen LogP contribution in [0, 0.1) is 10.1 Å². The summed E-state index contributed by atoms with van der Waals surface area (Å²) in [7, 11) is -1.73. The highest BCUT2D eigenvalue weighted by Crippen LogP contribution is 2.25. The Labute approximate surface area is 195 Å². The first kappa shape index (κ1) is 24.5. The summed E-state index contributed by atoms with van der Waals surface area (Å²) in [6.07, 6.45) is 0.319. The fourth-order valence-electron chi connectivity index (χ4n) is 3.39. The quantitative estimate of drug-likeness (QED) is 0.335. The Bertz CT molecular complexity index is 1190. The average molecular weight is 496 g/mol. The maximum absolute atomic E-state index is 12.7. The number of nitro benzene ring substituents is 1. The molecule has 1 fully saturated rings. The first-order chi connectivity index (χ1) is 15.6. The van der Waals surface area contributed by atoms with Gasteiger partial charge in [0.15, 0.2) is 16.4 Å². The van der Waals surface area contributed by atoms with Crippen molar-refractivity contribution in [1.29, 1.82) is 0 Å². The normalized spacial score (nSPS) is 16.7. The minimum Gasteiger partial charge on any atom is -0.452 e. The van der Waals surface area contributed by atoms with Crippen LogP contribution >= 0.6 is 11.6 Å². The van der Waals surface area contributed by atoms with Crippen LogP contribution in [-0.4, -0.2) is 61.3 Å². The number of sulfone groups is 1. The Morgan fingerprint density at radius 3 is 2.64 bits per heavy atom. The number of nitro groups is 1. The molecule has 176 valence electrons. The second-order valence-corrected chi connectivity index (χ2v) is 10.2. The number of ether oxygens (including phenoxy) is 1. The number of benzene rings is 2. The van der Waals surface area contributed by atoms with Gasteiger partial charge in [0.25, 0.3) is 11.6 Å². The zero-order valence-electron chi connectivity index (χ0n) is 17.7. The molecule has 12 heteroatoms. The lowest BCUT2D eigenvalue weighted by molar-refractivity contribution is -0.384. The van der Waals surface area contributed by atoms with E-state index in [-0.39, 0.29) is 35.0 Å². The average Bonchev–Trinajstić information content (AvgIpc) is 3.15. The maximum atomic E-state index is 12.7. The number of esters is 1. The third-order valence-corrected chi connectivity index (χ3v) is 7.46. The van der Waals surface area contributed by atoms with Crippen molar-refractivity contribution in [3.05, 3.63) is 68.7 Å². The van der Waals surface area contributed by atoms with E-state index in [0.717, 1.165) is 11.6 Å². The molecule has 3 rings (SSSR count). The minimum absolute atomic E-state index is 0.00319. The zero-order valence-corrected chi connectivity index (χ0v) is 19.3. The number of hydrogen-bond donors (Lipinski definition) is 1. The number of anilines is 1. The Balaban J connectivity index is 1.71. The van der Waals surface area contributed by atoms with Crippen LogP contribution < -0.4 is 5.32 Å². The van der Waals surface area contributed by atoms with Crippen molar-refractivity contribution in [3.63, 3.8) is 0 Å². The number of nitrogens with one attached hydrogen (secondary N) is 1. The van der Waals surface area contributed by atoms with Crippen LogP contribution in [0.25, 0.3) is 0 Å². The Morgan fingerprint density at radius 2 is 2.00 bits per heavy atom. The molecule has 2 aromatic rings. The van der Waals surface area contributed by atoms with Crippen molar-refractivity contribution in [2.24, 2.45) is 0 Å². The molecule has 1 unspecified atom stereocenters. The summed E-state index contributed by atoms with van der Waals surface area (Å²) in [4.78, 5) is 36.9. The fourth-order valence-corrected chi connectivity index (χ4v) is 5.37. The molecular weight excluding hydrogens is 474 g/mol. The predicted octanol–water partition coefficient (Wildman–Crippen LogP) is 2.66. The number of rotatable bonds is 8. The van der Waals surface area contributed by atoms with Crippen molar-refractivity contribution >= 4 is 44.7 Å². The number of carbonyl (C=O) groups excluding carboxylic acids is 2. The number of non-ortho nitro benzene ring substituents is 1. The van der Waals surface area contributed by atoms with Gasteiger partial charge in [0.2, 0.25) is 0 Å². The summed E-state index contributed by atoms with van der Waals surface area (Å²) in [5.41, 5.74) is 0.591. The summed E-state index contributed by atoms with van der Waals surface area (Å²) >= 11 is 6.14. The van der Waals surface area contributed by atoms with Crippen LogP contribution in [0.5, 0.6) is 0 Å². The summed E-state index contributed by atoms with van der Waals surface area (Å²) in [5, 5.41) is 14.7. The molecule has 0 radical (unpaired) electrons. The second-order valence-electron chi connectivity index (χ2n) is 7.57. The van der Waals surface area contributed by atoms with Gasteiger partial charge in [0.05, 0.1) is 22.0 Å². The molecule has 0 aromatic heterocycles. The summed E-state index contributed by atoms with van der Waals surface area (Å²) in [5.74, 6) is -1.63. The van der Waals surface area contributed by atoms with Crippen molar-refractivity contribution in [1.82, 2.24) is 4.90 Å². The monoisotopic (exact) mass is 495 g/mol. The number of likely N-dealkylation sites (N-methyl/N-ethyl adjacent to an activating group) is 1. The smallest absolute Gasteiger partial charge is 0.341 e. The number of halogens is 1. The van der Waals surface area contributed by atoms with E-state index in [4.69, 9.17) is 16.3 Å². The van der Waals surface area contributed by atoms with Gasteiger partial charge < -0.3 is 15.0 Å². The van der Waals surface area contributed by atoms with E-state index in [1.807, 2.05) is 0 Å². The standard InChI is InChI=1S/C21H22ClN3O7S/c1-24(16-8-9-33(30,31)13-16)20(26)12-32-21(27)17-10-15(25(28)29)6-7-19(17)23-11-14-4-2-3-5-18(14)22/h2-7,10,16,23H,8-9,11-13H2,1H3. The SMILES string of the molecule is CN(C(=O)COC(=O)c1cc([N+](=O)[O-])ccc1NCc1ccccc1Cl)C1CCS(=O)(=O)C1.